The van der Waals surface area contributed by atoms with Crippen LogP contribution in [0.2, 0.25) is 30.7 Å². The minimum Gasteiger partial charge on any atom is -0.361 e. The van der Waals surface area contributed by atoms with Gasteiger partial charge in [-0.3, -0.25) is 9.36 Å². The summed E-state index contributed by atoms with van der Waals surface area (Å²) in [5.74, 6) is -0.0159. The van der Waals surface area contributed by atoms with Gasteiger partial charge in [0, 0.05) is 33.2 Å². The number of aromatic nitrogens is 2. The number of halogens is 1. The molecule has 0 bridgehead atoms. The first-order valence-corrected chi connectivity index (χ1v) is 11.1. The average molecular weight is 325 g/mol. The van der Waals surface area contributed by atoms with E-state index in [4.69, 9.17) is 16.3 Å². The first-order chi connectivity index (χ1) is 9.79. The maximum Gasteiger partial charge on any atom is 0.176 e. The Morgan fingerprint density at radius 2 is 2.14 bits per heavy atom. The van der Waals surface area contributed by atoms with E-state index in [1.165, 1.54) is 0 Å². The molecule has 4 nitrogen and oxygen atoms in total. The van der Waals surface area contributed by atoms with Crippen LogP contribution in [0.15, 0.2) is 18.3 Å². The van der Waals surface area contributed by atoms with Crippen LogP contribution in [0.4, 0.5) is 0 Å². The third-order valence-corrected chi connectivity index (χ3v) is 5.35. The molecule has 0 aliphatic rings. The number of fused-ring (bicyclic) bond motifs is 1. The highest BCUT2D eigenvalue weighted by Crippen LogP contribution is 2.25. The van der Waals surface area contributed by atoms with Crippen molar-refractivity contribution in [3.8, 4) is 0 Å². The Kier molecular flexibility index (Phi) is 4.86. The molecule has 0 N–H and O–H groups in total. The largest absolute Gasteiger partial charge is 0.361 e. The number of ether oxygens (including phenoxy) is 1. The molecular formula is C15H21ClN2O2Si. The summed E-state index contributed by atoms with van der Waals surface area (Å²) in [6.07, 6.45) is 1.65. The van der Waals surface area contributed by atoms with Crippen molar-refractivity contribution in [2.45, 2.75) is 39.3 Å². The van der Waals surface area contributed by atoms with Gasteiger partial charge in [-0.05, 0) is 18.2 Å². The van der Waals surface area contributed by atoms with Crippen molar-refractivity contribution in [1.29, 1.82) is 0 Å². The summed E-state index contributed by atoms with van der Waals surface area (Å²) in [6, 6.07) is 4.61. The average Bonchev–Trinajstić information content (AvgIpc) is 2.74. The lowest BCUT2D eigenvalue weighted by Gasteiger charge is -2.16. The zero-order chi connectivity index (χ0) is 15.6. The highest BCUT2D eigenvalue weighted by Gasteiger charge is 2.16. The summed E-state index contributed by atoms with van der Waals surface area (Å²) in [5.41, 5.74) is 1.28. The molecular weight excluding hydrogens is 304 g/mol. The molecule has 2 aromatic heterocycles. The second kappa shape index (κ2) is 6.30. The van der Waals surface area contributed by atoms with E-state index in [9.17, 15) is 4.79 Å². The molecule has 0 aromatic carbocycles. The number of pyridine rings is 1. The normalized spacial score (nSPS) is 12.0. The monoisotopic (exact) mass is 324 g/mol. The fraction of sp³-hybridized carbons (Fsp3) is 0.467. The molecule has 0 amide bonds. The third kappa shape index (κ3) is 3.93. The Balaban J connectivity index is 2.23. The zero-order valence-electron chi connectivity index (χ0n) is 12.9. The van der Waals surface area contributed by atoms with Gasteiger partial charge in [0.25, 0.3) is 0 Å². The molecule has 0 aliphatic carbocycles. The second-order valence-corrected chi connectivity index (χ2v) is 12.4. The van der Waals surface area contributed by atoms with E-state index >= 15 is 0 Å². The quantitative estimate of drug-likeness (QED) is 0.454. The summed E-state index contributed by atoms with van der Waals surface area (Å²) in [4.78, 5) is 16.1. The van der Waals surface area contributed by atoms with Crippen LogP contribution in [-0.2, 0) is 11.5 Å². The van der Waals surface area contributed by atoms with Gasteiger partial charge in [-0.1, -0.05) is 31.2 Å². The van der Waals surface area contributed by atoms with Gasteiger partial charge in [0.2, 0.25) is 0 Å². The Morgan fingerprint density at radius 1 is 1.43 bits per heavy atom. The first kappa shape index (κ1) is 16.2. The molecule has 21 heavy (non-hydrogen) atoms. The highest BCUT2D eigenvalue weighted by molar-refractivity contribution is 6.76. The van der Waals surface area contributed by atoms with E-state index in [2.05, 4.69) is 24.6 Å². The van der Waals surface area contributed by atoms with E-state index in [1.54, 1.807) is 29.8 Å². The van der Waals surface area contributed by atoms with Crippen molar-refractivity contribution in [2.75, 3.05) is 6.61 Å². The Hall–Kier alpha value is -1.17. The molecule has 0 spiro atoms. The third-order valence-electron chi connectivity index (χ3n) is 3.32. The number of Topliss-reactive ketones (excluding diaryl/α,β-unsaturated/α-hetero) is 1. The van der Waals surface area contributed by atoms with E-state index < -0.39 is 8.07 Å². The molecule has 0 saturated carbocycles. The van der Waals surface area contributed by atoms with Gasteiger partial charge in [-0.2, -0.15) is 0 Å². The summed E-state index contributed by atoms with van der Waals surface area (Å²) < 4.78 is 7.55. The molecule has 114 valence electrons. The molecule has 2 rings (SSSR count). The predicted octanol–water partition coefficient (Wildman–Crippen LogP) is 4.20. The number of nitrogens with zero attached hydrogens (tertiary/aromatic N) is 2. The zero-order valence-corrected chi connectivity index (χ0v) is 14.7. The van der Waals surface area contributed by atoms with Gasteiger partial charge in [-0.15, -0.1) is 0 Å². The van der Waals surface area contributed by atoms with Crippen LogP contribution in [0.25, 0.3) is 11.0 Å². The number of carbonyl (C=O) groups is 1. The fourth-order valence-corrected chi connectivity index (χ4v) is 3.03. The summed E-state index contributed by atoms with van der Waals surface area (Å²) >= 11 is 6.17. The van der Waals surface area contributed by atoms with E-state index in [1.807, 2.05) is 0 Å². The van der Waals surface area contributed by atoms with Gasteiger partial charge in [0.15, 0.2) is 5.78 Å². The molecule has 2 heterocycles. The van der Waals surface area contributed by atoms with Crippen LogP contribution >= 0.6 is 11.6 Å². The minimum atomic E-state index is -1.12. The molecule has 2 aromatic rings. The lowest BCUT2D eigenvalue weighted by atomic mass is 10.3. The molecule has 0 fully saturated rings. The number of hydrogen-bond donors (Lipinski definition) is 0. The first-order valence-electron chi connectivity index (χ1n) is 7.02. The van der Waals surface area contributed by atoms with E-state index in [0.29, 0.717) is 29.7 Å². The Labute approximate surface area is 131 Å². The van der Waals surface area contributed by atoms with Gasteiger partial charge in [-0.25, -0.2) is 4.98 Å². The summed E-state index contributed by atoms with van der Waals surface area (Å²) in [5, 5.41) is 1.39. The molecule has 0 atom stereocenters. The van der Waals surface area contributed by atoms with Crippen molar-refractivity contribution >= 4 is 36.5 Å². The van der Waals surface area contributed by atoms with Crippen LogP contribution in [0, 0.1) is 0 Å². The van der Waals surface area contributed by atoms with Crippen LogP contribution in [0.3, 0.4) is 0 Å². The molecule has 0 aliphatic heterocycles. The maximum atomic E-state index is 11.8. The van der Waals surface area contributed by atoms with Gasteiger partial charge < -0.3 is 4.74 Å². The van der Waals surface area contributed by atoms with Crippen LogP contribution < -0.4 is 0 Å². The number of hydrogen-bond acceptors (Lipinski definition) is 3. The summed E-state index contributed by atoms with van der Waals surface area (Å²) in [7, 11) is -1.12. The fourth-order valence-electron chi connectivity index (χ4n) is 2.07. The minimum absolute atomic E-state index is 0.0159. The van der Waals surface area contributed by atoms with E-state index in [0.717, 1.165) is 11.4 Å². The van der Waals surface area contributed by atoms with E-state index in [-0.39, 0.29) is 5.78 Å². The smallest absolute Gasteiger partial charge is 0.176 e. The Morgan fingerprint density at radius 3 is 2.76 bits per heavy atom. The van der Waals surface area contributed by atoms with Crippen LogP contribution in [0.5, 0.6) is 0 Å². The second-order valence-electron chi connectivity index (χ2n) is 6.39. The topological polar surface area (TPSA) is 44.1 Å². The standard InChI is InChI=1S/C15H21ClN2O2Si/c1-11(19)14-9-12-13(16)5-6-17-15(12)18(14)10-20-7-8-21(2,3)4/h5-6,9H,7-8,10H2,1-4H3. The molecule has 0 saturated heterocycles. The van der Waals surface area contributed by atoms with Gasteiger partial charge in [0.05, 0.1) is 10.7 Å². The van der Waals surface area contributed by atoms with Gasteiger partial charge in [0.1, 0.15) is 12.4 Å². The summed E-state index contributed by atoms with van der Waals surface area (Å²) in [6.45, 7) is 9.50. The lowest BCUT2D eigenvalue weighted by molar-refractivity contribution is 0.0832. The van der Waals surface area contributed by atoms with Crippen molar-refractivity contribution in [3.05, 3.63) is 29.0 Å². The van der Waals surface area contributed by atoms with Crippen LogP contribution in [-0.4, -0.2) is 30.0 Å². The molecule has 6 heteroatoms. The molecule has 0 radical (unpaired) electrons. The van der Waals surface area contributed by atoms with Crippen molar-refractivity contribution in [1.82, 2.24) is 9.55 Å². The maximum absolute atomic E-state index is 11.8. The lowest BCUT2D eigenvalue weighted by Crippen LogP contribution is -2.22. The highest BCUT2D eigenvalue weighted by atomic mass is 35.5. The Bertz CT molecular complexity index is 661. The van der Waals surface area contributed by atoms with Crippen molar-refractivity contribution in [2.24, 2.45) is 0 Å². The van der Waals surface area contributed by atoms with Crippen LogP contribution in [0.1, 0.15) is 17.4 Å². The van der Waals surface area contributed by atoms with Crippen molar-refractivity contribution < 1.29 is 9.53 Å². The van der Waals surface area contributed by atoms with Gasteiger partial charge >= 0.3 is 0 Å². The number of carbonyl (C=O) groups excluding carboxylic acids is 1. The molecule has 0 unspecified atom stereocenters. The number of rotatable bonds is 6. The SMILES string of the molecule is CC(=O)c1cc2c(Cl)ccnc2n1COCC[Si](C)(C)C. The number of ketones is 1. The van der Waals surface area contributed by atoms with Crippen molar-refractivity contribution in [3.63, 3.8) is 0 Å². The predicted molar refractivity (Wildman–Crippen MR) is 88.9 cm³/mol.